The minimum absolute atomic E-state index is 0.515. The van der Waals surface area contributed by atoms with Crippen LogP contribution < -0.4 is 5.73 Å². The lowest BCUT2D eigenvalue weighted by Crippen LogP contribution is -1.97. The topological polar surface area (TPSA) is 51.8 Å². The molecule has 1 aromatic carbocycles. The van der Waals surface area contributed by atoms with E-state index in [2.05, 4.69) is 29.0 Å². The van der Waals surface area contributed by atoms with Crippen molar-refractivity contribution in [3.05, 3.63) is 42.1 Å². The van der Waals surface area contributed by atoms with E-state index in [9.17, 15) is 0 Å². The van der Waals surface area contributed by atoms with Gasteiger partial charge in [0.05, 0.1) is 5.52 Å². The van der Waals surface area contributed by atoms with Gasteiger partial charge in [0.25, 0.3) is 0 Å². The highest BCUT2D eigenvalue weighted by Crippen LogP contribution is 2.27. The predicted molar refractivity (Wildman–Crippen MR) is 89.3 cm³/mol. The molecule has 0 radical (unpaired) electrons. The molecule has 0 saturated heterocycles. The van der Waals surface area contributed by atoms with Gasteiger partial charge in [0.2, 0.25) is 0 Å². The molecule has 0 atom stereocenters. The molecule has 0 aliphatic rings. The standard InChI is InChI=1S/C18H21N3/c1-2-3-4-5-8-13-11-15-14-9-6-7-10-16(14)21-18(19)17(15)20-12-13/h6-7,9-12H,2-5,8H2,1H3,(H2,19,21). The van der Waals surface area contributed by atoms with E-state index in [1.54, 1.807) is 0 Å². The zero-order valence-corrected chi connectivity index (χ0v) is 12.5. The summed E-state index contributed by atoms with van der Waals surface area (Å²) < 4.78 is 0. The van der Waals surface area contributed by atoms with E-state index >= 15 is 0 Å². The van der Waals surface area contributed by atoms with E-state index in [0.29, 0.717) is 5.82 Å². The summed E-state index contributed by atoms with van der Waals surface area (Å²) in [6.45, 7) is 2.24. The number of unbranched alkanes of at least 4 members (excludes halogenated alkanes) is 3. The molecule has 0 saturated carbocycles. The van der Waals surface area contributed by atoms with Crippen molar-refractivity contribution in [2.75, 3.05) is 5.73 Å². The predicted octanol–water partition coefficient (Wildman–Crippen LogP) is 4.49. The van der Waals surface area contributed by atoms with Gasteiger partial charge >= 0.3 is 0 Å². The molecule has 0 spiro atoms. The highest BCUT2D eigenvalue weighted by Gasteiger charge is 2.08. The summed E-state index contributed by atoms with van der Waals surface area (Å²) in [5.41, 5.74) is 9.07. The quantitative estimate of drug-likeness (QED) is 0.553. The Balaban J connectivity index is 2.01. The molecule has 108 valence electrons. The van der Waals surface area contributed by atoms with Crippen molar-refractivity contribution in [3.63, 3.8) is 0 Å². The molecule has 0 unspecified atom stereocenters. The van der Waals surface area contributed by atoms with Crippen LogP contribution in [0.25, 0.3) is 21.8 Å². The maximum atomic E-state index is 6.04. The van der Waals surface area contributed by atoms with Crippen LogP contribution in [0.2, 0.25) is 0 Å². The molecule has 0 fully saturated rings. The van der Waals surface area contributed by atoms with Crippen molar-refractivity contribution in [2.24, 2.45) is 0 Å². The monoisotopic (exact) mass is 279 g/mol. The Morgan fingerprint density at radius 3 is 2.76 bits per heavy atom. The lowest BCUT2D eigenvalue weighted by atomic mass is 10.0. The Morgan fingerprint density at radius 1 is 1.05 bits per heavy atom. The summed E-state index contributed by atoms with van der Waals surface area (Å²) in [5.74, 6) is 0.515. The van der Waals surface area contributed by atoms with Gasteiger partial charge in [-0.1, -0.05) is 44.4 Å². The summed E-state index contributed by atoms with van der Waals surface area (Å²) in [4.78, 5) is 8.98. The van der Waals surface area contributed by atoms with Crippen molar-refractivity contribution >= 4 is 27.6 Å². The zero-order valence-electron chi connectivity index (χ0n) is 12.5. The van der Waals surface area contributed by atoms with E-state index in [0.717, 1.165) is 28.2 Å². The largest absolute Gasteiger partial charge is 0.382 e. The van der Waals surface area contributed by atoms with Crippen molar-refractivity contribution in [2.45, 2.75) is 39.0 Å². The fraction of sp³-hybridized carbons (Fsp3) is 0.333. The average molecular weight is 279 g/mol. The normalized spacial score (nSPS) is 11.3. The smallest absolute Gasteiger partial charge is 0.150 e. The first-order valence-electron chi connectivity index (χ1n) is 7.72. The highest BCUT2D eigenvalue weighted by molar-refractivity contribution is 6.08. The van der Waals surface area contributed by atoms with Gasteiger partial charge in [-0.15, -0.1) is 0 Å². The number of rotatable bonds is 5. The molecule has 0 aliphatic carbocycles. The van der Waals surface area contributed by atoms with Gasteiger partial charge in [-0.3, -0.25) is 4.98 Å². The third-order valence-corrected chi connectivity index (χ3v) is 3.94. The van der Waals surface area contributed by atoms with Crippen LogP contribution in [0, 0.1) is 0 Å². The molecule has 0 aliphatic heterocycles. The molecule has 2 aromatic heterocycles. The summed E-state index contributed by atoms with van der Waals surface area (Å²) >= 11 is 0. The number of hydrogen-bond donors (Lipinski definition) is 1. The summed E-state index contributed by atoms with van der Waals surface area (Å²) in [6.07, 6.45) is 8.11. The van der Waals surface area contributed by atoms with Gasteiger partial charge in [0.15, 0.2) is 5.82 Å². The molecule has 0 amide bonds. The number of hydrogen-bond acceptors (Lipinski definition) is 3. The van der Waals surface area contributed by atoms with Crippen LogP contribution in [0.1, 0.15) is 38.2 Å². The lowest BCUT2D eigenvalue weighted by Gasteiger charge is -2.08. The Morgan fingerprint density at radius 2 is 1.90 bits per heavy atom. The molecule has 3 heteroatoms. The SMILES string of the molecule is CCCCCCc1cnc2c(N)nc3ccccc3c2c1. The zero-order chi connectivity index (χ0) is 14.7. The van der Waals surface area contributed by atoms with Crippen molar-refractivity contribution in [3.8, 4) is 0 Å². The van der Waals surface area contributed by atoms with Crippen molar-refractivity contribution < 1.29 is 0 Å². The Hall–Kier alpha value is -2.16. The van der Waals surface area contributed by atoms with Crippen molar-refractivity contribution in [1.29, 1.82) is 0 Å². The first kappa shape index (κ1) is 13.8. The van der Waals surface area contributed by atoms with E-state index in [-0.39, 0.29) is 0 Å². The van der Waals surface area contributed by atoms with Gasteiger partial charge in [-0.05, 0) is 30.5 Å². The number of nitrogens with zero attached hydrogens (tertiary/aromatic N) is 2. The second-order valence-corrected chi connectivity index (χ2v) is 5.56. The second kappa shape index (κ2) is 6.08. The maximum absolute atomic E-state index is 6.04. The first-order valence-corrected chi connectivity index (χ1v) is 7.72. The summed E-state index contributed by atoms with van der Waals surface area (Å²) in [6, 6.07) is 10.3. The van der Waals surface area contributed by atoms with Crippen LogP contribution in [0.15, 0.2) is 36.5 Å². The third-order valence-electron chi connectivity index (χ3n) is 3.94. The van der Waals surface area contributed by atoms with E-state index < -0.39 is 0 Å². The number of benzene rings is 1. The van der Waals surface area contributed by atoms with Crippen LogP contribution in [0.3, 0.4) is 0 Å². The second-order valence-electron chi connectivity index (χ2n) is 5.56. The van der Waals surface area contributed by atoms with Crippen LogP contribution in [0.5, 0.6) is 0 Å². The van der Waals surface area contributed by atoms with Crippen LogP contribution >= 0.6 is 0 Å². The van der Waals surface area contributed by atoms with E-state index in [1.807, 2.05) is 24.4 Å². The minimum Gasteiger partial charge on any atom is -0.382 e. The number of para-hydroxylation sites is 1. The number of anilines is 1. The molecule has 0 bridgehead atoms. The highest BCUT2D eigenvalue weighted by atomic mass is 14.9. The lowest BCUT2D eigenvalue weighted by molar-refractivity contribution is 0.666. The van der Waals surface area contributed by atoms with Gasteiger partial charge in [0, 0.05) is 17.0 Å². The van der Waals surface area contributed by atoms with Crippen molar-refractivity contribution in [1.82, 2.24) is 9.97 Å². The van der Waals surface area contributed by atoms with E-state index in [1.165, 1.54) is 31.2 Å². The number of aromatic nitrogens is 2. The van der Waals surface area contributed by atoms with Gasteiger partial charge in [0.1, 0.15) is 5.52 Å². The summed E-state index contributed by atoms with van der Waals surface area (Å²) in [5, 5.41) is 2.25. The molecule has 2 N–H and O–H groups in total. The van der Waals surface area contributed by atoms with Gasteiger partial charge in [-0.25, -0.2) is 4.98 Å². The minimum atomic E-state index is 0.515. The Bertz CT molecular complexity index is 765. The molecule has 21 heavy (non-hydrogen) atoms. The van der Waals surface area contributed by atoms with Crippen LogP contribution in [0.4, 0.5) is 5.82 Å². The number of fused-ring (bicyclic) bond motifs is 3. The number of nitrogens with two attached hydrogens (primary N) is 1. The van der Waals surface area contributed by atoms with Crippen LogP contribution in [-0.4, -0.2) is 9.97 Å². The first-order chi connectivity index (χ1) is 10.3. The molecule has 2 heterocycles. The number of nitrogen functional groups attached to an aromatic ring is 1. The molecule has 3 aromatic rings. The maximum Gasteiger partial charge on any atom is 0.150 e. The summed E-state index contributed by atoms with van der Waals surface area (Å²) in [7, 11) is 0. The average Bonchev–Trinajstić information content (AvgIpc) is 2.52. The van der Waals surface area contributed by atoms with Gasteiger partial charge < -0.3 is 5.73 Å². The molecular weight excluding hydrogens is 258 g/mol. The molecular formula is C18H21N3. The molecule has 3 rings (SSSR count). The number of pyridine rings is 2. The third kappa shape index (κ3) is 2.82. The van der Waals surface area contributed by atoms with Gasteiger partial charge in [-0.2, -0.15) is 0 Å². The Labute approximate surface area is 125 Å². The molecule has 3 nitrogen and oxygen atoms in total. The Kier molecular flexibility index (Phi) is 4.00. The van der Waals surface area contributed by atoms with Crippen LogP contribution in [-0.2, 0) is 6.42 Å². The number of aryl methyl sites for hydroxylation is 1. The fourth-order valence-corrected chi connectivity index (χ4v) is 2.79. The fourth-order valence-electron chi connectivity index (χ4n) is 2.79. The van der Waals surface area contributed by atoms with E-state index in [4.69, 9.17) is 5.73 Å².